The van der Waals surface area contributed by atoms with Crippen LogP contribution in [0.15, 0.2) is 24.3 Å². The fourth-order valence-corrected chi connectivity index (χ4v) is 1.94. The van der Waals surface area contributed by atoms with E-state index in [1.165, 1.54) is 0 Å². The van der Waals surface area contributed by atoms with E-state index in [9.17, 15) is 5.11 Å². The molecule has 1 aromatic rings. The maximum atomic E-state index is 10.0. The Kier molecular flexibility index (Phi) is 3.77. The van der Waals surface area contributed by atoms with Gasteiger partial charge in [0.1, 0.15) is 5.75 Å². The molecule has 0 aromatic heterocycles. The van der Waals surface area contributed by atoms with Crippen LogP contribution in [0.5, 0.6) is 5.75 Å². The predicted molar refractivity (Wildman–Crippen MR) is 62.4 cm³/mol. The van der Waals surface area contributed by atoms with Gasteiger partial charge in [0, 0.05) is 32.7 Å². The summed E-state index contributed by atoms with van der Waals surface area (Å²) in [6.07, 6.45) is -0.473. The van der Waals surface area contributed by atoms with E-state index in [4.69, 9.17) is 5.11 Å². The molecular formula is C12H18N2O2. The monoisotopic (exact) mass is 222 g/mol. The zero-order chi connectivity index (χ0) is 11.4. The Bertz CT molecular complexity index is 320. The van der Waals surface area contributed by atoms with E-state index < -0.39 is 6.10 Å². The van der Waals surface area contributed by atoms with Gasteiger partial charge < -0.3 is 15.5 Å². The molecule has 88 valence electrons. The lowest BCUT2D eigenvalue weighted by Gasteiger charge is -2.29. The van der Waals surface area contributed by atoms with E-state index >= 15 is 0 Å². The van der Waals surface area contributed by atoms with Crippen molar-refractivity contribution in [1.82, 2.24) is 10.2 Å². The summed E-state index contributed by atoms with van der Waals surface area (Å²) in [4.78, 5) is 2.24. The molecule has 1 fully saturated rings. The molecular weight excluding hydrogens is 204 g/mol. The lowest BCUT2D eigenvalue weighted by molar-refractivity contribution is 0.105. The number of aliphatic hydroxyl groups excluding tert-OH is 1. The molecule has 0 aliphatic carbocycles. The number of phenolic OH excluding ortho intramolecular Hbond substituents is 1. The highest BCUT2D eigenvalue weighted by Gasteiger charge is 2.15. The van der Waals surface area contributed by atoms with E-state index in [0.29, 0.717) is 6.54 Å². The first-order chi connectivity index (χ1) is 7.75. The normalized spacial score (nSPS) is 19.6. The average molecular weight is 222 g/mol. The summed E-state index contributed by atoms with van der Waals surface area (Å²) in [6.45, 7) is 4.60. The summed E-state index contributed by atoms with van der Waals surface area (Å²) >= 11 is 0. The van der Waals surface area contributed by atoms with Crippen LogP contribution in [0.25, 0.3) is 0 Å². The maximum absolute atomic E-state index is 10.0. The van der Waals surface area contributed by atoms with Gasteiger partial charge in [-0.1, -0.05) is 12.1 Å². The zero-order valence-electron chi connectivity index (χ0n) is 9.26. The van der Waals surface area contributed by atoms with Gasteiger partial charge in [-0.15, -0.1) is 0 Å². The van der Waals surface area contributed by atoms with Gasteiger partial charge in [0.2, 0.25) is 0 Å². The number of aromatic hydroxyl groups is 1. The number of β-amino-alcohol motifs (C(OH)–C–C–N with tert-alkyl or cyclic N) is 1. The van der Waals surface area contributed by atoms with Crippen LogP contribution < -0.4 is 5.32 Å². The third-order valence-corrected chi connectivity index (χ3v) is 2.92. The molecule has 0 radical (unpaired) electrons. The molecule has 1 saturated heterocycles. The van der Waals surface area contributed by atoms with Gasteiger partial charge in [-0.25, -0.2) is 0 Å². The second-order valence-electron chi connectivity index (χ2n) is 4.16. The predicted octanol–water partition coefficient (Wildman–Crippen LogP) is 0.331. The fraction of sp³-hybridized carbons (Fsp3) is 0.500. The number of aliphatic hydroxyl groups is 1. The van der Waals surface area contributed by atoms with Crippen molar-refractivity contribution in [2.75, 3.05) is 32.7 Å². The van der Waals surface area contributed by atoms with Gasteiger partial charge in [-0.05, 0) is 17.7 Å². The molecule has 2 rings (SSSR count). The summed E-state index contributed by atoms with van der Waals surface area (Å²) < 4.78 is 0. The summed E-state index contributed by atoms with van der Waals surface area (Å²) in [5.41, 5.74) is 0.858. The van der Waals surface area contributed by atoms with Crippen molar-refractivity contribution in [1.29, 1.82) is 0 Å². The Morgan fingerprint density at radius 2 is 1.81 bits per heavy atom. The third-order valence-electron chi connectivity index (χ3n) is 2.92. The largest absolute Gasteiger partial charge is 0.508 e. The van der Waals surface area contributed by atoms with E-state index in [1.54, 1.807) is 24.3 Å². The van der Waals surface area contributed by atoms with Crippen molar-refractivity contribution in [3.8, 4) is 5.75 Å². The van der Waals surface area contributed by atoms with Gasteiger partial charge in [0.25, 0.3) is 0 Å². The molecule has 16 heavy (non-hydrogen) atoms. The number of nitrogens with zero attached hydrogens (tertiary/aromatic N) is 1. The summed E-state index contributed by atoms with van der Waals surface area (Å²) in [6, 6.07) is 6.75. The van der Waals surface area contributed by atoms with Gasteiger partial charge in [-0.3, -0.25) is 4.90 Å². The van der Waals surface area contributed by atoms with Gasteiger partial charge >= 0.3 is 0 Å². The molecule has 0 amide bonds. The van der Waals surface area contributed by atoms with Crippen LogP contribution in [-0.2, 0) is 0 Å². The second-order valence-corrected chi connectivity index (χ2v) is 4.16. The van der Waals surface area contributed by atoms with E-state index in [1.807, 2.05) is 0 Å². The van der Waals surface area contributed by atoms with E-state index in [0.717, 1.165) is 31.7 Å². The van der Waals surface area contributed by atoms with Crippen LogP contribution in [0.3, 0.4) is 0 Å². The van der Waals surface area contributed by atoms with Gasteiger partial charge in [-0.2, -0.15) is 0 Å². The molecule has 1 heterocycles. The van der Waals surface area contributed by atoms with Crippen LogP contribution in [0.1, 0.15) is 11.7 Å². The molecule has 0 spiro atoms. The molecule has 1 aromatic carbocycles. The quantitative estimate of drug-likeness (QED) is 0.690. The standard InChI is InChI=1S/C12H18N2O2/c15-11-3-1-10(2-4-11)12(16)9-14-7-5-13-6-8-14/h1-4,12-13,15-16H,5-9H2. The first kappa shape index (κ1) is 11.4. The molecule has 1 aliphatic heterocycles. The lowest BCUT2D eigenvalue weighted by Crippen LogP contribution is -2.44. The van der Waals surface area contributed by atoms with Crippen molar-refractivity contribution in [2.24, 2.45) is 0 Å². The van der Waals surface area contributed by atoms with Crippen molar-refractivity contribution in [3.05, 3.63) is 29.8 Å². The Morgan fingerprint density at radius 3 is 2.44 bits per heavy atom. The third kappa shape index (κ3) is 2.95. The highest BCUT2D eigenvalue weighted by molar-refractivity contribution is 5.27. The number of rotatable bonds is 3. The number of piperazine rings is 1. The fourth-order valence-electron chi connectivity index (χ4n) is 1.94. The Hall–Kier alpha value is -1.10. The average Bonchev–Trinajstić information content (AvgIpc) is 2.31. The van der Waals surface area contributed by atoms with Crippen LogP contribution >= 0.6 is 0 Å². The lowest BCUT2D eigenvalue weighted by atomic mass is 10.1. The molecule has 4 nitrogen and oxygen atoms in total. The topological polar surface area (TPSA) is 55.7 Å². The van der Waals surface area contributed by atoms with Gasteiger partial charge in [0.05, 0.1) is 6.10 Å². The minimum Gasteiger partial charge on any atom is -0.508 e. The molecule has 1 unspecified atom stereocenters. The summed E-state index contributed by atoms with van der Waals surface area (Å²) in [7, 11) is 0. The van der Waals surface area contributed by atoms with Crippen molar-refractivity contribution in [2.45, 2.75) is 6.10 Å². The smallest absolute Gasteiger partial charge is 0.115 e. The van der Waals surface area contributed by atoms with Crippen LogP contribution in [0.2, 0.25) is 0 Å². The first-order valence-electron chi connectivity index (χ1n) is 5.66. The number of phenols is 1. The van der Waals surface area contributed by atoms with Crippen molar-refractivity contribution < 1.29 is 10.2 Å². The molecule has 0 bridgehead atoms. The van der Waals surface area contributed by atoms with Crippen molar-refractivity contribution >= 4 is 0 Å². The maximum Gasteiger partial charge on any atom is 0.115 e. The summed E-state index contributed by atoms with van der Waals surface area (Å²) in [5, 5.41) is 22.5. The molecule has 1 aliphatic rings. The molecule has 1 atom stereocenters. The van der Waals surface area contributed by atoms with Crippen molar-refractivity contribution in [3.63, 3.8) is 0 Å². The highest BCUT2D eigenvalue weighted by Crippen LogP contribution is 2.17. The van der Waals surface area contributed by atoms with Crippen LogP contribution in [0, 0.1) is 0 Å². The number of hydrogen-bond donors (Lipinski definition) is 3. The molecule has 0 saturated carbocycles. The van der Waals surface area contributed by atoms with Crippen LogP contribution in [-0.4, -0.2) is 47.8 Å². The number of benzene rings is 1. The Balaban J connectivity index is 1.91. The zero-order valence-corrected chi connectivity index (χ0v) is 9.26. The number of nitrogens with one attached hydrogen (secondary N) is 1. The Labute approximate surface area is 95.5 Å². The highest BCUT2D eigenvalue weighted by atomic mass is 16.3. The minimum atomic E-state index is -0.473. The Morgan fingerprint density at radius 1 is 1.19 bits per heavy atom. The van der Waals surface area contributed by atoms with Crippen LogP contribution in [0.4, 0.5) is 0 Å². The molecule has 4 heteroatoms. The number of hydrogen-bond acceptors (Lipinski definition) is 4. The van der Waals surface area contributed by atoms with E-state index in [2.05, 4.69) is 10.2 Å². The second kappa shape index (κ2) is 5.30. The first-order valence-corrected chi connectivity index (χ1v) is 5.66. The molecule has 3 N–H and O–H groups in total. The SMILES string of the molecule is Oc1ccc(C(O)CN2CCNCC2)cc1. The summed E-state index contributed by atoms with van der Waals surface area (Å²) in [5.74, 6) is 0.234. The van der Waals surface area contributed by atoms with Gasteiger partial charge in [0.15, 0.2) is 0 Å². The van der Waals surface area contributed by atoms with E-state index in [-0.39, 0.29) is 5.75 Å². The minimum absolute atomic E-state index is 0.234.